The van der Waals surface area contributed by atoms with Crippen molar-refractivity contribution in [3.8, 4) is 0 Å². The maximum absolute atomic E-state index is 12.4. The second-order valence-corrected chi connectivity index (χ2v) is 4.53. The normalized spacial score (nSPS) is 27.9. The molecule has 92 valence electrons. The fourth-order valence-corrected chi connectivity index (χ4v) is 2.45. The van der Waals surface area contributed by atoms with Gasteiger partial charge in [-0.2, -0.15) is 13.2 Å². The monoisotopic (exact) mass is 242 g/mol. The van der Waals surface area contributed by atoms with Gasteiger partial charge in [0.2, 0.25) is 0 Å². The summed E-state index contributed by atoms with van der Waals surface area (Å²) >= 11 is 0. The molecular formula is C13H13F3O. The fourth-order valence-electron chi connectivity index (χ4n) is 2.45. The van der Waals surface area contributed by atoms with Gasteiger partial charge in [-0.05, 0) is 30.5 Å². The van der Waals surface area contributed by atoms with Gasteiger partial charge >= 0.3 is 6.18 Å². The average Bonchev–Trinajstić information content (AvgIpc) is 3.03. The Balaban J connectivity index is 2.28. The van der Waals surface area contributed by atoms with E-state index in [1.54, 1.807) is 0 Å². The van der Waals surface area contributed by atoms with Crippen molar-refractivity contribution in [2.75, 3.05) is 0 Å². The Morgan fingerprint density at radius 3 is 2.29 bits per heavy atom. The first kappa shape index (κ1) is 12.1. The molecule has 17 heavy (non-hydrogen) atoms. The number of halogens is 3. The Hall–Kier alpha value is -1.32. The van der Waals surface area contributed by atoms with Gasteiger partial charge in [-0.25, -0.2) is 0 Å². The van der Waals surface area contributed by atoms with Gasteiger partial charge in [-0.3, -0.25) is 0 Å². The first-order valence-corrected chi connectivity index (χ1v) is 5.57. The molecule has 0 spiro atoms. The molecule has 0 saturated heterocycles. The highest BCUT2D eigenvalue weighted by Crippen LogP contribution is 2.55. The van der Waals surface area contributed by atoms with Crippen LogP contribution in [0, 0.1) is 5.92 Å². The van der Waals surface area contributed by atoms with E-state index in [-0.39, 0.29) is 11.3 Å². The van der Waals surface area contributed by atoms with E-state index in [9.17, 15) is 18.0 Å². The SMILES string of the molecule is CCC1(c2ccc(C(F)(F)F)cc2)CC1C=O. The molecule has 2 unspecified atom stereocenters. The molecule has 1 aromatic rings. The fraction of sp³-hybridized carbons (Fsp3) is 0.462. The van der Waals surface area contributed by atoms with Crippen molar-refractivity contribution < 1.29 is 18.0 Å². The summed E-state index contributed by atoms with van der Waals surface area (Å²) in [4.78, 5) is 10.8. The molecule has 1 aromatic carbocycles. The molecule has 0 bridgehead atoms. The van der Waals surface area contributed by atoms with Crippen molar-refractivity contribution in [1.29, 1.82) is 0 Å². The summed E-state index contributed by atoms with van der Waals surface area (Å²) < 4.78 is 37.2. The van der Waals surface area contributed by atoms with Crippen LogP contribution in [0.4, 0.5) is 13.2 Å². The number of aldehydes is 1. The molecule has 0 aromatic heterocycles. The Morgan fingerprint density at radius 1 is 1.35 bits per heavy atom. The molecule has 4 heteroatoms. The number of carbonyl (C=O) groups excluding carboxylic acids is 1. The minimum Gasteiger partial charge on any atom is -0.303 e. The summed E-state index contributed by atoms with van der Waals surface area (Å²) in [5.74, 6) is -0.0377. The highest BCUT2D eigenvalue weighted by atomic mass is 19.4. The minimum atomic E-state index is -4.30. The van der Waals surface area contributed by atoms with Crippen LogP contribution in [-0.4, -0.2) is 6.29 Å². The van der Waals surface area contributed by atoms with E-state index < -0.39 is 11.7 Å². The third-order valence-corrected chi connectivity index (χ3v) is 3.72. The predicted octanol–water partition coefficient (Wildman–Crippen LogP) is 3.57. The van der Waals surface area contributed by atoms with Crippen molar-refractivity contribution in [2.45, 2.75) is 31.4 Å². The van der Waals surface area contributed by atoms with Crippen LogP contribution in [-0.2, 0) is 16.4 Å². The summed E-state index contributed by atoms with van der Waals surface area (Å²) in [6.45, 7) is 1.96. The summed E-state index contributed by atoms with van der Waals surface area (Å²) in [6.07, 6.45) is -1.87. The van der Waals surface area contributed by atoms with E-state index in [2.05, 4.69) is 0 Å². The van der Waals surface area contributed by atoms with E-state index in [1.807, 2.05) is 6.92 Å². The highest BCUT2D eigenvalue weighted by molar-refractivity contribution is 5.64. The standard InChI is InChI=1S/C13H13F3O/c1-2-12(7-11(12)8-17)9-3-5-10(6-4-9)13(14,15)16/h3-6,8,11H,2,7H2,1H3. The maximum atomic E-state index is 12.4. The van der Waals surface area contributed by atoms with Gasteiger partial charge in [0.15, 0.2) is 0 Å². The molecule has 1 saturated carbocycles. The largest absolute Gasteiger partial charge is 0.416 e. The zero-order valence-electron chi connectivity index (χ0n) is 9.42. The van der Waals surface area contributed by atoms with Crippen LogP contribution in [0.25, 0.3) is 0 Å². The van der Waals surface area contributed by atoms with Gasteiger partial charge in [0.1, 0.15) is 6.29 Å². The second-order valence-electron chi connectivity index (χ2n) is 4.53. The van der Waals surface area contributed by atoms with Crippen LogP contribution in [0.5, 0.6) is 0 Å². The molecule has 1 fully saturated rings. The zero-order valence-corrected chi connectivity index (χ0v) is 9.42. The maximum Gasteiger partial charge on any atom is 0.416 e. The average molecular weight is 242 g/mol. The number of hydrogen-bond donors (Lipinski definition) is 0. The van der Waals surface area contributed by atoms with Gasteiger partial charge < -0.3 is 4.79 Å². The molecule has 2 rings (SSSR count). The molecule has 1 aliphatic carbocycles. The van der Waals surface area contributed by atoms with Crippen LogP contribution in [0.3, 0.4) is 0 Å². The van der Waals surface area contributed by atoms with Crippen molar-refractivity contribution in [1.82, 2.24) is 0 Å². The van der Waals surface area contributed by atoms with Gasteiger partial charge in [0.25, 0.3) is 0 Å². The molecule has 1 aliphatic rings. The van der Waals surface area contributed by atoms with Crippen molar-refractivity contribution >= 4 is 6.29 Å². The molecule has 0 heterocycles. The molecule has 0 radical (unpaired) electrons. The third kappa shape index (κ3) is 1.96. The number of hydrogen-bond acceptors (Lipinski definition) is 1. The smallest absolute Gasteiger partial charge is 0.303 e. The number of benzene rings is 1. The van der Waals surface area contributed by atoms with Crippen LogP contribution < -0.4 is 0 Å². The third-order valence-electron chi connectivity index (χ3n) is 3.72. The molecule has 0 aliphatic heterocycles. The molecule has 1 nitrogen and oxygen atoms in total. The lowest BCUT2D eigenvalue weighted by atomic mass is 9.90. The van der Waals surface area contributed by atoms with E-state index in [4.69, 9.17) is 0 Å². The quantitative estimate of drug-likeness (QED) is 0.740. The van der Waals surface area contributed by atoms with Crippen molar-refractivity contribution in [3.05, 3.63) is 35.4 Å². The van der Waals surface area contributed by atoms with Crippen molar-refractivity contribution in [2.24, 2.45) is 5.92 Å². The van der Waals surface area contributed by atoms with E-state index in [1.165, 1.54) is 12.1 Å². The molecule has 0 amide bonds. The van der Waals surface area contributed by atoms with Gasteiger partial charge in [0, 0.05) is 11.3 Å². The summed E-state index contributed by atoms with van der Waals surface area (Å²) in [6, 6.07) is 5.17. The lowest BCUT2D eigenvalue weighted by Crippen LogP contribution is -2.11. The minimum absolute atomic E-state index is 0.0377. The molecule has 2 atom stereocenters. The van der Waals surface area contributed by atoms with Crippen LogP contribution in [0.1, 0.15) is 30.9 Å². The Morgan fingerprint density at radius 2 is 1.94 bits per heavy atom. The number of alkyl halides is 3. The lowest BCUT2D eigenvalue weighted by Gasteiger charge is -2.15. The van der Waals surface area contributed by atoms with Gasteiger partial charge in [-0.1, -0.05) is 19.1 Å². The van der Waals surface area contributed by atoms with Gasteiger partial charge in [0.05, 0.1) is 5.56 Å². The number of rotatable bonds is 3. The van der Waals surface area contributed by atoms with Crippen LogP contribution in [0.15, 0.2) is 24.3 Å². The van der Waals surface area contributed by atoms with Gasteiger partial charge in [-0.15, -0.1) is 0 Å². The van der Waals surface area contributed by atoms with Crippen LogP contribution in [0.2, 0.25) is 0 Å². The Bertz CT molecular complexity index is 421. The topological polar surface area (TPSA) is 17.1 Å². The van der Waals surface area contributed by atoms with E-state index in [0.29, 0.717) is 0 Å². The Kier molecular flexibility index (Phi) is 2.76. The second kappa shape index (κ2) is 3.86. The van der Waals surface area contributed by atoms with E-state index >= 15 is 0 Å². The highest BCUT2D eigenvalue weighted by Gasteiger charge is 2.53. The predicted molar refractivity (Wildman–Crippen MR) is 57.6 cm³/mol. The first-order valence-electron chi connectivity index (χ1n) is 5.57. The summed E-state index contributed by atoms with van der Waals surface area (Å²) in [5, 5.41) is 0. The van der Waals surface area contributed by atoms with E-state index in [0.717, 1.165) is 36.8 Å². The first-order chi connectivity index (χ1) is 7.94. The zero-order chi connectivity index (χ0) is 12.7. The Labute approximate surface area is 97.6 Å². The molecular weight excluding hydrogens is 229 g/mol. The lowest BCUT2D eigenvalue weighted by molar-refractivity contribution is -0.137. The van der Waals surface area contributed by atoms with Crippen LogP contribution >= 0.6 is 0 Å². The summed E-state index contributed by atoms with van der Waals surface area (Å²) in [7, 11) is 0. The molecule has 0 N–H and O–H groups in total. The van der Waals surface area contributed by atoms with Crippen molar-refractivity contribution in [3.63, 3.8) is 0 Å². The summed E-state index contributed by atoms with van der Waals surface area (Å²) in [5.41, 5.74) is -0.0211. The number of carbonyl (C=O) groups is 1.